The van der Waals surface area contributed by atoms with Gasteiger partial charge >= 0.3 is 207 Å². The van der Waals surface area contributed by atoms with Crippen LogP contribution < -0.4 is 24.8 Å². The number of halogens is 2. The Hall–Kier alpha value is 0.410. The molecule has 3 heteroatoms. The van der Waals surface area contributed by atoms with E-state index in [1.165, 1.54) is 64.2 Å². The van der Waals surface area contributed by atoms with Gasteiger partial charge in [-0.15, -0.1) is 0 Å². The molecule has 33 heavy (non-hydrogen) atoms. The third kappa shape index (κ3) is 5.13. The molecule has 0 saturated heterocycles. The summed E-state index contributed by atoms with van der Waals surface area (Å²) in [6.45, 7) is 24.5. The van der Waals surface area contributed by atoms with Gasteiger partial charge in [0.05, 0.1) is 0 Å². The first kappa shape index (κ1) is 33.4. The second-order valence-corrected chi connectivity index (χ2v) is 13.9. The van der Waals surface area contributed by atoms with E-state index in [4.69, 9.17) is 0 Å². The van der Waals surface area contributed by atoms with Crippen LogP contribution in [0, 0.1) is 10.8 Å². The maximum Gasteiger partial charge on any atom is -1.00 e. The largest absolute Gasteiger partial charge is 1.00 e. The van der Waals surface area contributed by atoms with Crippen LogP contribution in [-0.4, -0.2) is 0 Å². The van der Waals surface area contributed by atoms with Crippen molar-refractivity contribution in [2.75, 3.05) is 0 Å². The van der Waals surface area contributed by atoms with Crippen molar-refractivity contribution in [2.24, 2.45) is 10.8 Å². The van der Waals surface area contributed by atoms with Gasteiger partial charge in [0.2, 0.25) is 0 Å². The predicted octanol–water partition coefficient (Wildman–Crippen LogP) is 4.28. The van der Waals surface area contributed by atoms with Crippen LogP contribution in [0.2, 0.25) is 0 Å². The molecule has 2 aliphatic rings. The Labute approximate surface area is 230 Å². The molecular formula is C30H50Cl2Hf. The van der Waals surface area contributed by atoms with Crippen molar-refractivity contribution in [1.29, 1.82) is 0 Å². The Balaban J connectivity index is 0.00000512. The minimum atomic E-state index is -1.18. The molecule has 0 spiro atoms. The van der Waals surface area contributed by atoms with Crippen molar-refractivity contribution in [2.45, 2.75) is 133 Å². The van der Waals surface area contributed by atoms with E-state index >= 15 is 0 Å². The van der Waals surface area contributed by atoms with Crippen molar-refractivity contribution in [1.82, 2.24) is 0 Å². The molecule has 0 unspecified atom stereocenters. The van der Waals surface area contributed by atoms with Crippen molar-refractivity contribution in [3.8, 4) is 0 Å². The van der Waals surface area contributed by atoms with Gasteiger partial charge in [-0.1, -0.05) is 0 Å². The summed E-state index contributed by atoms with van der Waals surface area (Å²) in [5, 5.41) is 0. The average Bonchev–Trinajstić information content (AvgIpc) is 3.23. The van der Waals surface area contributed by atoms with Gasteiger partial charge < -0.3 is 24.8 Å². The van der Waals surface area contributed by atoms with E-state index in [0.29, 0.717) is 10.8 Å². The van der Waals surface area contributed by atoms with Gasteiger partial charge in [-0.25, -0.2) is 0 Å². The number of hydrogen-bond acceptors (Lipinski definition) is 0. The molecule has 0 aromatic heterocycles. The number of allylic oxidation sites excluding steroid dienone is 8. The molecule has 0 heterocycles. The fraction of sp³-hybridized carbons (Fsp3) is 0.733. The zero-order chi connectivity index (χ0) is 23.4. The van der Waals surface area contributed by atoms with E-state index in [0.717, 1.165) is 0 Å². The molecule has 0 fully saturated rings. The summed E-state index contributed by atoms with van der Waals surface area (Å²) >= 11 is -1.18. The van der Waals surface area contributed by atoms with Gasteiger partial charge in [0.15, 0.2) is 0 Å². The Morgan fingerprint density at radius 2 is 0.697 bits per heavy atom. The molecule has 0 saturated carbocycles. The second-order valence-electron chi connectivity index (χ2n) is 9.45. The minimum absolute atomic E-state index is 0. The summed E-state index contributed by atoms with van der Waals surface area (Å²) < 4.78 is 4.02. The fourth-order valence-electron chi connectivity index (χ4n) is 7.44. The van der Waals surface area contributed by atoms with E-state index in [-0.39, 0.29) is 24.8 Å². The molecule has 0 amide bonds. The molecular weight excluding hydrogens is 610 g/mol. The molecule has 0 aromatic rings. The van der Waals surface area contributed by atoms with Crippen LogP contribution in [0.5, 0.6) is 0 Å². The summed E-state index contributed by atoms with van der Waals surface area (Å²) in [7, 11) is 0. The zero-order valence-electron chi connectivity index (χ0n) is 23.3. The second kappa shape index (κ2) is 14.2. The number of rotatable bonds is 12. The van der Waals surface area contributed by atoms with Crippen LogP contribution in [0.15, 0.2) is 40.1 Å². The van der Waals surface area contributed by atoms with Crippen molar-refractivity contribution in [3.63, 3.8) is 0 Å². The van der Waals surface area contributed by atoms with E-state index in [1.807, 2.05) is 29.0 Å². The Kier molecular flexibility index (Phi) is 14.4. The molecule has 2 rings (SSSR count). The molecule has 0 atom stereocenters. The maximum atomic E-state index is 2.48. The van der Waals surface area contributed by atoms with Crippen molar-refractivity contribution < 1.29 is 47.7 Å². The topological polar surface area (TPSA) is 0 Å². The van der Waals surface area contributed by atoms with Crippen LogP contribution in [0.1, 0.15) is 133 Å². The summed E-state index contributed by atoms with van der Waals surface area (Å²) in [4.78, 5) is 0. The molecule has 0 bridgehead atoms. The van der Waals surface area contributed by atoms with Gasteiger partial charge in [0, 0.05) is 0 Å². The molecule has 0 N–H and O–H groups in total. The van der Waals surface area contributed by atoms with E-state index in [2.05, 4.69) is 69.2 Å². The summed E-state index contributed by atoms with van der Waals surface area (Å²) in [5.41, 5.74) is 11.6. The van der Waals surface area contributed by atoms with Crippen molar-refractivity contribution >= 4 is 0 Å². The van der Waals surface area contributed by atoms with Crippen molar-refractivity contribution in [3.05, 3.63) is 40.1 Å². The minimum Gasteiger partial charge on any atom is -1.00 e. The van der Waals surface area contributed by atoms with Crippen LogP contribution in [0.3, 0.4) is 0 Å². The smallest absolute Gasteiger partial charge is 1.00 e. The van der Waals surface area contributed by atoms with Gasteiger partial charge in [-0.3, -0.25) is 0 Å². The third-order valence-electron chi connectivity index (χ3n) is 8.96. The van der Waals surface area contributed by atoms with E-state index in [9.17, 15) is 0 Å². The van der Waals surface area contributed by atoms with Gasteiger partial charge in [-0.05, 0) is 0 Å². The number of hydrogen-bond donors (Lipinski definition) is 0. The summed E-state index contributed by atoms with van der Waals surface area (Å²) in [6.07, 6.45) is 12.6. The quantitative estimate of drug-likeness (QED) is 0.275. The average molecular weight is 660 g/mol. The monoisotopic (exact) mass is 660 g/mol. The summed E-state index contributed by atoms with van der Waals surface area (Å²) in [5.74, 6) is 0. The zero-order valence-corrected chi connectivity index (χ0v) is 28.4. The Morgan fingerprint density at radius 1 is 0.424 bits per heavy atom. The molecule has 0 aliphatic heterocycles. The first-order valence-electron chi connectivity index (χ1n) is 13.6. The first-order valence-corrected chi connectivity index (χ1v) is 17.2. The van der Waals surface area contributed by atoms with Crippen LogP contribution >= 0.6 is 0 Å². The predicted molar refractivity (Wildman–Crippen MR) is 136 cm³/mol. The van der Waals surface area contributed by atoms with Crippen LogP contribution in [-0.2, 0) is 22.9 Å². The van der Waals surface area contributed by atoms with E-state index in [1.54, 1.807) is 11.1 Å². The van der Waals surface area contributed by atoms with Gasteiger partial charge in [-0.2, -0.15) is 0 Å². The van der Waals surface area contributed by atoms with Crippen LogP contribution in [0.25, 0.3) is 0 Å². The third-order valence-corrected chi connectivity index (χ3v) is 16.4. The normalized spacial score (nSPS) is 19.2. The standard InChI is InChI=1S/2C15H25.2ClH.Hf/c2*1-6-12-11-15(9-4,10-5)14(8-3)13(12)7-2;;;/h2*6-10H2,1-5H3;2*1H;/q;;;;+2/p-2. The van der Waals surface area contributed by atoms with Crippen LogP contribution in [0.4, 0.5) is 0 Å². The molecule has 0 nitrogen and oxygen atoms in total. The summed E-state index contributed by atoms with van der Waals surface area (Å²) in [6, 6.07) is 0. The molecule has 2 aliphatic carbocycles. The Bertz CT molecular complexity index is 720. The molecule has 0 aromatic carbocycles. The molecule has 188 valence electrons. The SMILES string of the molecule is CCC1=C(CC)C(CC)(CC)[C]([Hf+2][C]2=C(CC)C(CC)=C(CC)C2(CC)CC)=C1CC.[Cl-].[Cl-]. The van der Waals surface area contributed by atoms with Gasteiger partial charge in [0.25, 0.3) is 0 Å². The first-order chi connectivity index (χ1) is 14.9. The molecule has 0 radical (unpaired) electrons. The fourth-order valence-corrected chi connectivity index (χ4v) is 17.1. The Morgan fingerprint density at radius 3 is 0.879 bits per heavy atom. The van der Waals surface area contributed by atoms with E-state index < -0.39 is 22.9 Å². The maximum absolute atomic E-state index is 2.48. The van der Waals surface area contributed by atoms with Gasteiger partial charge in [0.1, 0.15) is 0 Å².